The molecule has 7 aliphatic carbocycles. The van der Waals surface area contributed by atoms with Crippen LogP contribution in [0.4, 0.5) is 4.79 Å². The second-order valence-electron chi connectivity index (χ2n) is 20.4. The van der Waals surface area contributed by atoms with E-state index in [1.54, 1.807) is 4.90 Å². The van der Waals surface area contributed by atoms with E-state index in [4.69, 9.17) is 0 Å². The molecule has 0 aromatic rings. The number of allylic oxidation sites excluding steroid dienone is 2. The average Bonchev–Trinajstić information content (AvgIpc) is 3.06. The zero-order valence-corrected chi connectivity index (χ0v) is 32.1. The van der Waals surface area contributed by atoms with Crippen molar-refractivity contribution in [2.75, 3.05) is 0 Å². The number of rotatable bonds is 3. The van der Waals surface area contributed by atoms with Crippen molar-refractivity contribution in [2.24, 2.45) is 50.2 Å². The van der Waals surface area contributed by atoms with Crippen LogP contribution in [0.2, 0.25) is 0 Å². The first-order valence-electron chi connectivity index (χ1n) is 20.6. The van der Waals surface area contributed by atoms with Gasteiger partial charge in [-0.2, -0.15) is 0 Å². The van der Waals surface area contributed by atoms with Gasteiger partial charge in [-0.1, -0.05) is 92.6 Å². The predicted octanol–water partition coefficient (Wildman–Crippen LogP) is 9.53. The lowest BCUT2D eigenvalue weighted by molar-refractivity contribution is -0.202. The van der Waals surface area contributed by atoms with E-state index in [9.17, 15) is 14.7 Å². The summed E-state index contributed by atoms with van der Waals surface area (Å²) in [7, 11) is 0. The molecule has 0 heterocycles. The number of ketones is 1. The Morgan fingerprint density at radius 2 is 1.41 bits per heavy atom. The fourth-order valence-corrected chi connectivity index (χ4v) is 13.9. The van der Waals surface area contributed by atoms with Crippen molar-refractivity contribution in [3.63, 3.8) is 0 Å². The van der Waals surface area contributed by atoms with E-state index in [0.29, 0.717) is 11.7 Å². The SMILES string of the molecule is CC1(C)[C@@H](O)CC[C@]2(C)[C@H]3C(=O)C=C4[C@@H]5C[C@@](C)(C(=O)N(C(=O)NC6CCCCC6)C6CCCCC6)CC[C@]5(C)CC[C@@]4(C)[C@]3(C)CC[C@@H]12. The molecule has 3 amide bonds. The quantitative estimate of drug-likeness (QED) is 0.312. The lowest BCUT2D eigenvalue weighted by Crippen LogP contribution is -2.66. The van der Waals surface area contributed by atoms with Crippen molar-refractivity contribution in [1.29, 1.82) is 0 Å². The summed E-state index contributed by atoms with van der Waals surface area (Å²) < 4.78 is 0. The lowest BCUT2D eigenvalue weighted by atomic mass is 9.33. The van der Waals surface area contributed by atoms with Crippen LogP contribution in [0.3, 0.4) is 0 Å². The molecule has 7 aliphatic rings. The Kier molecular flexibility index (Phi) is 8.88. The predicted molar refractivity (Wildman–Crippen MR) is 195 cm³/mol. The molecule has 0 aromatic heterocycles. The van der Waals surface area contributed by atoms with Gasteiger partial charge in [-0.3, -0.25) is 14.5 Å². The number of carbonyl (C=O) groups excluding carboxylic acids is 3. The van der Waals surface area contributed by atoms with Gasteiger partial charge in [0, 0.05) is 23.4 Å². The van der Waals surface area contributed by atoms with Crippen molar-refractivity contribution in [1.82, 2.24) is 10.2 Å². The number of urea groups is 1. The fraction of sp³-hybridized carbons (Fsp3) is 0.884. The van der Waals surface area contributed by atoms with Crippen LogP contribution < -0.4 is 5.32 Å². The number of nitrogens with zero attached hydrogens (tertiary/aromatic N) is 1. The van der Waals surface area contributed by atoms with Gasteiger partial charge < -0.3 is 10.4 Å². The first kappa shape index (κ1) is 35.7. The van der Waals surface area contributed by atoms with E-state index in [1.807, 2.05) is 0 Å². The standard InChI is InChI=1S/C43H68N2O4/c1-38(2)33-18-21-43(7)35(41(33,5)20-19-34(38)47)32(46)26-30-31-27-40(4,23-22-39(31,3)24-25-42(30,43)6)36(48)45(29-16-12-9-13-17-29)37(49)44-28-14-10-8-11-15-28/h26,28-29,31,33-35,47H,8-25,27H2,1-7H3,(H,44,49)/t31-,33-,34-,35+,39+,40-,41-,42+,43+/m0/s1. The Bertz CT molecular complexity index is 1380. The monoisotopic (exact) mass is 677 g/mol. The number of hydrogen-bond donors (Lipinski definition) is 2. The van der Waals surface area contributed by atoms with Gasteiger partial charge in [0.15, 0.2) is 5.78 Å². The van der Waals surface area contributed by atoms with Crippen LogP contribution in [0, 0.1) is 50.2 Å². The molecule has 0 radical (unpaired) electrons. The Balaban J connectivity index is 1.22. The number of imide groups is 1. The summed E-state index contributed by atoms with van der Waals surface area (Å²) in [6.45, 7) is 16.4. The number of nitrogens with one attached hydrogen (secondary N) is 1. The topological polar surface area (TPSA) is 86.7 Å². The van der Waals surface area contributed by atoms with Crippen molar-refractivity contribution < 1.29 is 19.5 Å². The molecule has 0 bridgehead atoms. The second-order valence-corrected chi connectivity index (χ2v) is 20.4. The molecule has 7 rings (SSSR count). The molecule has 2 N–H and O–H groups in total. The number of aliphatic hydroxyl groups excluding tert-OH is 1. The molecular formula is C43H68N2O4. The largest absolute Gasteiger partial charge is 0.393 e. The van der Waals surface area contributed by atoms with Crippen molar-refractivity contribution in [3.05, 3.63) is 11.6 Å². The van der Waals surface area contributed by atoms with E-state index in [0.717, 1.165) is 109 Å². The minimum atomic E-state index is -0.640. The van der Waals surface area contributed by atoms with E-state index in [1.165, 1.54) is 18.4 Å². The molecule has 0 unspecified atom stereocenters. The van der Waals surface area contributed by atoms with Gasteiger partial charge in [-0.25, -0.2) is 4.79 Å². The molecule has 0 aliphatic heterocycles. The van der Waals surface area contributed by atoms with E-state index in [-0.39, 0.29) is 69.0 Å². The van der Waals surface area contributed by atoms with Crippen molar-refractivity contribution in [3.8, 4) is 0 Å². The summed E-state index contributed by atoms with van der Waals surface area (Å²) in [4.78, 5) is 45.7. The number of carbonyl (C=O) groups is 3. The van der Waals surface area contributed by atoms with Crippen molar-refractivity contribution in [2.45, 2.75) is 189 Å². The van der Waals surface area contributed by atoms with Gasteiger partial charge in [-0.05, 0) is 128 Å². The zero-order chi connectivity index (χ0) is 35.2. The molecule has 0 aromatic carbocycles. The second kappa shape index (κ2) is 12.2. The van der Waals surface area contributed by atoms with Crippen LogP contribution >= 0.6 is 0 Å². The molecule has 274 valence electrons. The van der Waals surface area contributed by atoms with Crippen LogP contribution in [-0.2, 0) is 9.59 Å². The van der Waals surface area contributed by atoms with Crippen LogP contribution in [0.15, 0.2) is 11.6 Å². The highest BCUT2D eigenvalue weighted by molar-refractivity contribution is 5.98. The Labute approximate surface area is 297 Å². The minimum absolute atomic E-state index is 0.0177. The zero-order valence-electron chi connectivity index (χ0n) is 32.1. The van der Waals surface area contributed by atoms with E-state index < -0.39 is 5.41 Å². The average molecular weight is 677 g/mol. The molecular weight excluding hydrogens is 608 g/mol. The number of amides is 3. The normalized spacial score (nSPS) is 45.6. The molecule has 0 saturated heterocycles. The maximum Gasteiger partial charge on any atom is 0.324 e. The summed E-state index contributed by atoms with van der Waals surface area (Å²) in [5.74, 6) is 0.753. The van der Waals surface area contributed by atoms with Gasteiger partial charge in [0.25, 0.3) is 0 Å². The number of hydrogen-bond acceptors (Lipinski definition) is 4. The van der Waals surface area contributed by atoms with Gasteiger partial charge >= 0.3 is 6.03 Å². The van der Waals surface area contributed by atoms with Gasteiger partial charge in [0.2, 0.25) is 5.91 Å². The third-order valence-electron chi connectivity index (χ3n) is 17.4. The molecule has 6 heteroatoms. The Morgan fingerprint density at radius 1 is 0.776 bits per heavy atom. The Hall–Kier alpha value is -1.69. The molecule has 0 spiro atoms. The highest BCUT2D eigenvalue weighted by Gasteiger charge is 2.70. The first-order valence-corrected chi connectivity index (χ1v) is 20.6. The third kappa shape index (κ3) is 5.35. The van der Waals surface area contributed by atoms with E-state index >= 15 is 4.79 Å². The Morgan fingerprint density at radius 3 is 2.08 bits per heavy atom. The van der Waals surface area contributed by atoms with E-state index in [2.05, 4.69) is 59.9 Å². The third-order valence-corrected chi connectivity index (χ3v) is 17.4. The van der Waals surface area contributed by atoms with Gasteiger partial charge in [0.1, 0.15) is 0 Å². The van der Waals surface area contributed by atoms with Crippen LogP contribution in [0.5, 0.6) is 0 Å². The van der Waals surface area contributed by atoms with Gasteiger partial charge in [-0.15, -0.1) is 0 Å². The van der Waals surface area contributed by atoms with Gasteiger partial charge in [0.05, 0.1) is 6.10 Å². The molecule has 9 atom stereocenters. The molecule has 49 heavy (non-hydrogen) atoms. The maximum absolute atomic E-state index is 15.0. The smallest absolute Gasteiger partial charge is 0.324 e. The molecule has 6 saturated carbocycles. The lowest BCUT2D eigenvalue weighted by Gasteiger charge is -2.70. The number of fused-ring (bicyclic) bond motifs is 7. The summed E-state index contributed by atoms with van der Waals surface area (Å²) in [6.07, 6.45) is 20.9. The summed E-state index contributed by atoms with van der Waals surface area (Å²) >= 11 is 0. The maximum atomic E-state index is 15.0. The van der Waals surface area contributed by atoms with Crippen LogP contribution in [0.1, 0.15) is 170 Å². The summed E-state index contributed by atoms with van der Waals surface area (Å²) in [5, 5.41) is 14.4. The summed E-state index contributed by atoms with van der Waals surface area (Å²) in [6, 6.07) is -0.000546. The first-order chi connectivity index (χ1) is 23.0. The highest BCUT2D eigenvalue weighted by Crippen LogP contribution is 2.75. The highest BCUT2D eigenvalue weighted by atomic mass is 16.3. The molecule has 6 fully saturated rings. The fourth-order valence-electron chi connectivity index (χ4n) is 13.9. The minimum Gasteiger partial charge on any atom is -0.393 e. The van der Waals surface area contributed by atoms with Crippen LogP contribution in [-0.4, -0.2) is 45.9 Å². The summed E-state index contributed by atoms with van der Waals surface area (Å²) in [5.41, 5.74) is 0.103. The van der Waals surface area contributed by atoms with Crippen molar-refractivity contribution >= 4 is 17.7 Å². The number of aliphatic hydroxyl groups is 1. The molecule has 6 nitrogen and oxygen atoms in total. The van der Waals surface area contributed by atoms with Crippen LogP contribution in [0.25, 0.3) is 0 Å².